The maximum Gasteiger partial charge on any atom is 0.227 e. The molecule has 0 fully saturated rings. The van der Waals surface area contributed by atoms with E-state index in [2.05, 4.69) is 16.4 Å². The Morgan fingerprint density at radius 2 is 1.95 bits per heavy atom. The number of hydrogen-bond acceptors (Lipinski definition) is 4. The van der Waals surface area contributed by atoms with Gasteiger partial charge >= 0.3 is 0 Å². The molecule has 0 saturated heterocycles. The molecule has 1 aromatic carbocycles. The normalized spacial score (nSPS) is 12.9. The number of carbonyl (C=O) groups is 1. The number of nitrogens with zero attached hydrogens (tertiary/aromatic N) is 2. The molecule has 0 bridgehead atoms. The Labute approximate surface area is 148 Å². The Kier molecular flexibility index (Phi) is 8.93. The first-order valence-electron chi connectivity index (χ1n) is 6.81. The molecule has 4 nitrogen and oxygen atoms in total. The number of aromatic nitrogens is 1. The minimum atomic E-state index is -0.0261. The number of amides is 1. The van der Waals surface area contributed by atoms with Crippen molar-refractivity contribution in [3.05, 3.63) is 29.3 Å². The fourth-order valence-corrected chi connectivity index (χ4v) is 3.23. The van der Waals surface area contributed by atoms with Crippen molar-refractivity contribution in [3.63, 3.8) is 0 Å². The van der Waals surface area contributed by atoms with Gasteiger partial charge < -0.3 is 10.2 Å². The van der Waals surface area contributed by atoms with Gasteiger partial charge in [0, 0.05) is 19.5 Å². The molecule has 1 amide bonds. The summed E-state index contributed by atoms with van der Waals surface area (Å²) in [6, 6.07) is 8.07. The average molecular weight is 364 g/mol. The SMILES string of the molecule is CNCC(C)C(=O)N(C)C(C)c1nc2ccccc2s1.Cl.Cl. The van der Waals surface area contributed by atoms with Crippen LogP contribution in [0.2, 0.25) is 0 Å². The van der Waals surface area contributed by atoms with Crippen LogP contribution < -0.4 is 5.32 Å². The van der Waals surface area contributed by atoms with Gasteiger partial charge in [-0.1, -0.05) is 19.1 Å². The van der Waals surface area contributed by atoms with Gasteiger partial charge in [-0.25, -0.2) is 4.98 Å². The number of thiazole rings is 1. The van der Waals surface area contributed by atoms with Crippen molar-refractivity contribution in [2.45, 2.75) is 19.9 Å². The summed E-state index contributed by atoms with van der Waals surface area (Å²) in [7, 11) is 3.71. The van der Waals surface area contributed by atoms with Crippen LogP contribution in [0, 0.1) is 5.92 Å². The van der Waals surface area contributed by atoms with Gasteiger partial charge in [0.15, 0.2) is 0 Å². The lowest BCUT2D eigenvalue weighted by Crippen LogP contribution is -2.37. The van der Waals surface area contributed by atoms with Crippen molar-refractivity contribution in [1.29, 1.82) is 0 Å². The monoisotopic (exact) mass is 363 g/mol. The van der Waals surface area contributed by atoms with Gasteiger partial charge in [-0.05, 0) is 26.1 Å². The molecule has 0 saturated carbocycles. The summed E-state index contributed by atoms with van der Waals surface area (Å²) in [6.45, 7) is 4.66. The molecule has 1 N–H and O–H groups in total. The minimum Gasteiger partial charge on any atom is -0.336 e. The summed E-state index contributed by atoms with van der Waals surface area (Å²) in [5, 5.41) is 4.03. The Balaban J connectivity index is 0.00000220. The molecule has 2 atom stereocenters. The summed E-state index contributed by atoms with van der Waals surface area (Å²) >= 11 is 1.66. The van der Waals surface area contributed by atoms with Crippen molar-refractivity contribution in [1.82, 2.24) is 15.2 Å². The molecule has 0 aliphatic rings. The van der Waals surface area contributed by atoms with E-state index in [4.69, 9.17) is 0 Å². The molecule has 0 radical (unpaired) electrons. The van der Waals surface area contributed by atoms with E-state index in [-0.39, 0.29) is 42.7 Å². The van der Waals surface area contributed by atoms with Crippen molar-refractivity contribution >= 4 is 52.3 Å². The van der Waals surface area contributed by atoms with Crippen LogP contribution in [-0.4, -0.2) is 36.4 Å². The average Bonchev–Trinajstić information content (AvgIpc) is 2.89. The number of benzene rings is 1. The second-order valence-corrected chi connectivity index (χ2v) is 6.17. The Hall–Kier alpha value is -0.880. The standard InChI is InChI=1S/C15H21N3OS.2ClH/c1-10(9-16-3)15(19)18(4)11(2)14-17-12-7-5-6-8-13(12)20-14;;/h5-8,10-11,16H,9H2,1-4H3;2*1H. The topological polar surface area (TPSA) is 45.2 Å². The van der Waals surface area contributed by atoms with Crippen LogP contribution in [0.3, 0.4) is 0 Å². The predicted octanol–water partition coefficient (Wildman–Crippen LogP) is 3.51. The molecule has 1 aromatic heterocycles. The molecule has 0 aliphatic heterocycles. The van der Waals surface area contributed by atoms with Gasteiger partial charge in [0.05, 0.1) is 16.3 Å². The van der Waals surface area contributed by atoms with Gasteiger partial charge in [0.1, 0.15) is 5.01 Å². The fraction of sp³-hybridized carbons (Fsp3) is 0.467. The second-order valence-electron chi connectivity index (χ2n) is 5.10. The second kappa shape index (κ2) is 9.30. The third-order valence-corrected chi connectivity index (χ3v) is 4.73. The largest absolute Gasteiger partial charge is 0.336 e. The van der Waals surface area contributed by atoms with Crippen molar-refractivity contribution in [2.75, 3.05) is 20.6 Å². The van der Waals surface area contributed by atoms with Crippen LogP contribution in [0.25, 0.3) is 10.2 Å². The number of rotatable bonds is 5. The number of hydrogen-bond donors (Lipinski definition) is 1. The number of nitrogens with one attached hydrogen (secondary N) is 1. The highest BCUT2D eigenvalue weighted by Crippen LogP contribution is 2.29. The Morgan fingerprint density at radius 1 is 1.32 bits per heavy atom. The van der Waals surface area contributed by atoms with Crippen LogP contribution in [0.5, 0.6) is 0 Å². The first-order chi connectivity index (χ1) is 9.54. The molecule has 2 aromatic rings. The van der Waals surface area contributed by atoms with Gasteiger partial charge in [0.2, 0.25) is 5.91 Å². The first-order valence-corrected chi connectivity index (χ1v) is 7.63. The zero-order chi connectivity index (χ0) is 14.7. The highest BCUT2D eigenvalue weighted by Gasteiger charge is 2.24. The number of fused-ring (bicyclic) bond motifs is 1. The van der Waals surface area contributed by atoms with Crippen molar-refractivity contribution < 1.29 is 4.79 Å². The molecule has 1 heterocycles. The van der Waals surface area contributed by atoms with Crippen LogP contribution in [-0.2, 0) is 4.79 Å². The van der Waals surface area contributed by atoms with E-state index in [9.17, 15) is 4.79 Å². The van der Waals surface area contributed by atoms with Crippen LogP contribution in [0.4, 0.5) is 0 Å². The zero-order valence-corrected chi connectivity index (χ0v) is 15.6. The molecule has 2 unspecified atom stereocenters. The van der Waals surface area contributed by atoms with Crippen molar-refractivity contribution in [2.24, 2.45) is 5.92 Å². The lowest BCUT2D eigenvalue weighted by Gasteiger charge is -2.26. The van der Waals surface area contributed by atoms with Gasteiger partial charge in [0.25, 0.3) is 0 Å². The van der Waals surface area contributed by atoms with Gasteiger partial charge in [-0.15, -0.1) is 36.2 Å². The molecule has 2 rings (SSSR count). The lowest BCUT2D eigenvalue weighted by atomic mass is 10.1. The fourth-order valence-electron chi connectivity index (χ4n) is 2.17. The summed E-state index contributed by atoms with van der Waals surface area (Å²) in [4.78, 5) is 18.7. The quantitative estimate of drug-likeness (QED) is 0.883. The first kappa shape index (κ1) is 21.1. The molecular weight excluding hydrogens is 341 g/mol. The van der Waals surface area contributed by atoms with Crippen LogP contribution in [0.15, 0.2) is 24.3 Å². The van der Waals surface area contributed by atoms with Gasteiger partial charge in [-0.3, -0.25) is 4.79 Å². The van der Waals surface area contributed by atoms with E-state index < -0.39 is 0 Å². The maximum absolute atomic E-state index is 12.3. The number of halogens is 2. The van der Waals surface area contributed by atoms with Gasteiger partial charge in [-0.2, -0.15) is 0 Å². The summed E-state index contributed by atoms with van der Waals surface area (Å²) in [5.74, 6) is 0.118. The lowest BCUT2D eigenvalue weighted by molar-refractivity contribution is -0.135. The molecule has 0 aliphatic carbocycles. The van der Waals surface area contributed by atoms with E-state index in [0.29, 0.717) is 6.54 Å². The highest BCUT2D eigenvalue weighted by atomic mass is 35.5. The molecule has 22 heavy (non-hydrogen) atoms. The van der Waals surface area contributed by atoms with E-state index in [0.717, 1.165) is 10.5 Å². The molecule has 7 heteroatoms. The molecule has 124 valence electrons. The maximum atomic E-state index is 12.3. The van der Waals surface area contributed by atoms with E-state index >= 15 is 0 Å². The van der Waals surface area contributed by atoms with Crippen molar-refractivity contribution in [3.8, 4) is 0 Å². The Bertz CT molecular complexity index is 572. The molecular formula is C15H23Cl2N3OS. The van der Waals surface area contributed by atoms with Crippen LogP contribution in [0.1, 0.15) is 24.9 Å². The van der Waals surface area contributed by atoms with E-state index in [1.165, 1.54) is 4.70 Å². The predicted molar refractivity (Wildman–Crippen MR) is 98.4 cm³/mol. The highest BCUT2D eigenvalue weighted by molar-refractivity contribution is 7.18. The molecule has 0 spiro atoms. The Morgan fingerprint density at radius 3 is 2.55 bits per heavy atom. The summed E-state index contributed by atoms with van der Waals surface area (Å²) in [6.07, 6.45) is 0. The third-order valence-electron chi connectivity index (χ3n) is 3.53. The number of carbonyl (C=O) groups excluding carboxylic acids is 1. The van der Waals surface area contributed by atoms with E-state index in [1.54, 1.807) is 16.2 Å². The zero-order valence-electron chi connectivity index (χ0n) is 13.2. The number of para-hydroxylation sites is 1. The third kappa shape index (κ3) is 4.56. The van der Waals surface area contributed by atoms with E-state index in [1.807, 2.05) is 46.1 Å². The minimum absolute atomic E-state index is 0. The summed E-state index contributed by atoms with van der Waals surface area (Å²) in [5.41, 5.74) is 1.00. The summed E-state index contributed by atoms with van der Waals surface area (Å²) < 4.78 is 1.17. The smallest absolute Gasteiger partial charge is 0.227 e. The van der Waals surface area contributed by atoms with Crippen LogP contribution >= 0.6 is 36.2 Å².